The molecule has 12 nitrogen and oxygen atoms in total. The number of primary amides is 1. The molecule has 4 rings (SSSR count). The van der Waals surface area contributed by atoms with Gasteiger partial charge in [0.2, 0.25) is 5.91 Å². The summed E-state index contributed by atoms with van der Waals surface area (Å²) in [6.07, 6.45) is 0.447. The van der Waals surface area contributed by atoms with E-state index in [9.17, 15) is 35.1 Å². The Morgan fingerprint density at radius 2 is 1.88 bits per heavy atom. The first-order valence-electron chi connectivity index (χ1n) is 9.47. The van der Waals surface area contributed by atoms with E-state index in [2.05, 4.69) is 6.07 Å². The van der Waals surface area contributed by atoms with Crippen molar-refractivity contribution in [2.24, 2.45) is 5.73 Å². The number of nitro groups is 2. The quantitative estimate of drug-likeness (QED) is 0.272. The Kier molecular flexibility index (Phi) is 4.92. The zero-order valence-corrected chi connectivity index (χ0v) is 16.5. The Bertz CT molecular complexity index is 1210. The van der Waals surface area contributed by atoms with Gasteiger partial charge in [0.15, 0.2) is 6.29 Å². The molecule has 2 fully saturated rings. The molecule has 0 bridgehead atoms. The molecule has 2 aliphatic rings. The molecular formula is C20H16N6O6. The summed E-state index contributed by atoms with van der Waals surface area (Å²) in [5, 5.41) is 33.0. The molecule has 2 aromatic rings. The molecule has 0 spiro atoms. The average molecular weight is 436 g/mol. The Morgan fingerprint density at radius 3 is 2.41 bits per heavy atom. The lowest BCUT2D eigenvalue weighted by Crippen LogP contribution is -2.48. The van der Waals surface area contributed by atoms with Crippen molar-refractivity contribution in [2.45, 2.75) is 17.7 Å². The normalized spacial score (nSPS) is 25.1. The van der Waals surface area contributed by atoms with Crippen LogP contribution in [0.4, 0.5) is 11.4 Å². The third-order valence-corrected chi connectivity index (χ3v) is 5.74. The standard InChI is InChI=1S/C20H16N6O6/c21-8-15-9-23(15)20(24-10-17(24)19(22)28,13-4-2-5-14(7-13)25(29)30)18-12(11-27)3-1-6-16(18)26(31)32/h1-7,11,15,17H,9-10H2,(H2,22,28). The number of nitro benzene ring substituents is 2. The number of non-ortho nitro benzene ring substituents is 1. The van der Waals surface area contributed by atoms with Crippen LogP contribution in [0.1, 0.15) is 21.5 Å². The van der Waals surface area contributed by atoms with Crippen LogP contribution in [-0.4, -0.2) is 57.0 Å². The first-order valence-corrected chi connectivity index (χ1v) is 9.47. The number of aldehydes is 1. The molecule has 5 atom stereocenters. The zero-order valence-electron chi connectivity index (χ0n) is 16.5. The molecule has 0 saturated carbocycles. The van der Waals surface area contributed by atoms with E-state index < -0.39 is 39.2 Å². The van der Waals surface area contributed by atoms with Crippen molar-refractivity contribution >= 4 is 23.6 Å². The number of amides is 1. The van der Waals surface area contributed by atoms with Gasteiger partial charge in [-0.05, 0) is 5.56 Å². The summed E-state index contributed by atoms with van der Waals surface area (Å²) in [5.41, 5.74) is 3.24. The number of benzene rings is 2. The monoisotopic (exact) mass is 436 g/mol. The van der Waals surface area contributed by atoms with Crippen molar-refractivity contribution in [1.29, 1.82) is 5.26 Å². The predicted molar refractivity (Wildman–Crippen MR) is 108 cm³/mol. The van der Waals surface area contributed by atoms with Gasteiger partial charge in [0, 0.05) is 36.9 Å². The van der Waals surface area contributed by atoms with Gasteiger partial charge in [0.1, 0.15) is 17.7 Å². The fourth-order valence-corrected chi connectivity index (χ4v) is 4.30. The van der Waals surface area contributed by atoms with Crippen LogP contribution in [0.5, 0.6) is 0 Å². The van der Waals surface area contributed by atoms with Crippen molar-refractivity contribution in [3.8, 4) is 6.07 Å². The van der Waals surface area contributed by atoms with Gasteiger partial charge in [-0.25, -0.2) is 0 Å². The summed E-state index contributed by atoms with van der Waals surface area (Å²) < 4.78 is 0. The topological polar surface area (TPSA) is 176 Å². The minimum Gasteiger partial charge on any atom is -0.368 e. The number of nitriles is 1. The smallest absolute Gasteiger partial charge is 0.276 e. The van der Waals surface area contributed by atoms with Crippen molar-refractivity contribution in [3.05, 3.63) is 79.4 Å². The maximum atomic E-state index is 12.0. The van der Waals surface area contributed by atoms with E-state index in [1.807, 2.05) is 0 Å². The van der Waals surface area contributed by atoms with Crippen LogP contribution in [0.25, 0.3) is 0 Å². The number of carbonyl (C=O) groups excluding carboxylic acids is 2. The van der Waals surface area contributed by atoms with E-state index in [4.69, 9.17) is 5.73 Å². The van der Waals surface area contributed by atoms with Crippen LogP contribution in [0.2, 0.25) is 0 Å². The van der Waals surface area contributed by atoms with Gasteiger partial charge >= 0.3 is 0 Å². The van der Waals surface area contributed by atoms with Crippen molar-refractivity contribution in [2.75, 3.05) is 13.1 Å². The fourth-order valence-electron chi connectivity index (χ4n) is 4.30. The lowest BCUT2D eigenvalue weighted by molar-refractivity contribution is -0.386. The second kappa shape index (κ2) is 7.49. The summed E-state index contributed by atoms with van der Waals surface area (Å²) in [4.78, 5) is 49.3. The SMILES string of the molecule is N#CC1CN1C(c1cccc([N+](=O)[O-])c1)(c1c(C=O)cccc1[N+](=O)[O-])N1CC1C(N)=O. The minimum absolute atomic E-state index is 0.0376. The van der Waals surface area contributed by atoms with Gasteiger partial charge in [0.05, 0.1) is 21.5 Å². The van der Waals surface area contributed by atoms with Gasteiger partial charge < -0.3 is 5.73 Å². The van der Waals surface area contributed by atoms with Gasteiger partial charge in [-0.15, -0.1) is 0 Å². The van der Waals surface area contributed by atoms with E-state index in [1.165, 1.54) is 47.4 Å². The lowest BCUT2D eigenvalue weighted by Gasteiger charge is -2.38. The highest BCUT2D eigenvalue weighted by Crippen LogP contribution is 2.54. The highest BCUT2D eigenvalue weighted by atomic mass is 16.6. The van der Waals surface area contributed by atoms with E-state index >= 15 is 0 Å². The lowest BCUT2D eigenvalue weighted by atomic mass is 9.85. The third kappa shape index (κ3) is 3.08. The molecule has 5 unspecified atom stereocenters. The zero-order chi connectivity index (χ0) is 23.2. The predicted octanol–water partition coefficient (Wildman–Crippen LogP) is 0.894. The van der Waals surface area contributed by atoms with Crippen LogP contribution in [0.15, 0.2) is 42.5 Å². The molecule has 162 valence electrons. The van der Waals surface area contributed by atoms with Crippen LogP contribution in [-0.2, 0) is 10.5 Å². The molecule has 12 heteroatoms. The molecule has 2 heterocycles. The summed E-state index contributed by atoms with van der Waals surface area (Å²) in [6.45, 7) is 0.266. The number of hydrogen-bond acceptors (Lipinski definition) is 9. The average Bonchev–Trinajstić information content (AvgIpc) is 3.69. The molecule has 0 aromatic heterocycles. The Balaban J connectivity index is 2.11. The Labute approximate surface area is 180 Å². The second-order valence-electron chi connectivity index (χ2n) is 7.46. The molecule has 32 heavy (non-hydrogen) atoms. The molecule has 2 aromatic carbocycles. The fraction of sp³-hybridized carbons (Fsp3) is 0.250. The maximum absolute atomic E-state index is 12.0. The van der Waals surface area contributed by atoms with Crippen LogP contribution >= 0.6 is 0 Å². The first kappa shape index (κ1) is 21.0. The first-order chi connectivity index (χ1) is 15.3. The van der Waals surface area contributed by atoms with Gasteiger partial charge in [-0.2, -0.15) is 5.26 Å². The summed E-state index contributed by atoms with van der Waals surface area (Å²) >= 11 is 0. The molecule has 0 aliphatic carbocycles. The van der Waals surface area contributed by atoms with Crippen LogP contribution < -0.4 is 5.73 Å². The van der Waals surface area contributed by atoms with Crippen molar-refractivity contribution < 1.29 is 19.4 Å². The van der Waals surface area contributed by atoms with Gasteiger partial charge in [-0.3, -0.25) is 39.6 Å². The summed E-state index contributed by atoms with van der Waals surface area (Å²) in [7, 11) is 0. The highest BCUT2D eigenvalue weighted by Gasteiger charge is 2.65. The minimum atomic E-state index is -1.66. The Morgan fingerprint density at radius 1 is 1.16 bits per heavy atom. The largest absolute Gasteiger partial charge is 0.368 e. The number of nitrogens with two attached hydrogens (primary N) is 1. The number of rotatable bonds is 8. The summed E-state index contributed by atoms with van der Waals surface area (Å²) in [5.74, 6) is -0.693. The highest BCUT2D eigenvalue weighted by molar-refractivity contribution is 5.85. The number of carbonyl (C=O) groups is 2. The molecule has 1 amide bonds. The van der Waals surface area contributed by atoms with Crippen molar-refractivity contribution in [3.63, 3.8) is 0 Å². The molecule has 2 aliphatic heterocycles. The van der Waals surface area contributed by atoms with Crippen LogP contribution in [0, 0.1) is 31.6 Å². The Hall–Kier alpha value is -4.21. The molecule has 0 radical (unpaired) electrons. The van der Waals surface area contributed by atoms with E-state index in [1.54, 1.807) is 4.90 Å². The van der Waals surface area contributed by atoms with Gasteiger partial charge in [-0.1, -0.05) is 24.3 Å². The molecule has 2 N–H and O–H groups in total. The van der Waals surface area contributed by atoms with Gasteiger partial charge in [0.25, 0.3) is 11.4 Å². The molecular weight excluding hydrogens is 420 g/mol. The van der Waals surface area contributed by atoms with E-state index in [0.717, 1.165) is 0 Å². The van der Waals surface area contributed by atoms with Crippen LogP contribution in [0.3, 0.4) is 0 Å². The number of nitrogens with zero attached hydrogens (tertiary/aromatic N) is 5. The third-order valence-electron chi connectivity index (χ3n) is 5.74. The maximum Gasteiger partial charge on any atom is 0.276 e. The summed E-state index contributed by atoms with van der Waals surface area (Å²) in [6, 6.07) is 9.90. The van der Waals surface area contributed by atoms with Crippen molar-refractivity contribution in [1.82, 2.24) is 9.80 Å². The number of hydrogen-bond donors (Lipinski definition) is 1. The molecule has 2 saturated heterocycles. The van der Waals surface area contributed by atoms with E-state index in [0.29, 0.717) is 6.29 Å². The second-order valence-corrected chi connectivity index (χ2v) is 7.46. The van der Waals surface area contributed by atoms with E-state index in [-0.39, 0.29) is 35.5 Å².